The van der Waals surface area contributed by atoms with Gasteiger partial charge in [-0.25, -0.2) is 0 Å². The number of hydrogen-bond acceptors (Lipinski definition) is 4. The SMILES string of the molecule is CCc1ccc(CN(C)CC(=O)NCCc2ccc3c(c2)OCCO3)cc1. The number of aryl methyl sites for hydroxylation is 1. The summed E-state index contributed by atoms with van der Waals surface area (Å²) in [7, 11) is 1.97. The Hall–Kier alpha value is -2.53. The third-order valence-electron chi connectivity index (χ3n) is 4.64. The van der Waals surface area contributed by atoms with Crippen LogP contribution in [-0.2, 0) is 24.2 Å². The van der Waals surface area contributed by atoms with Gasteiger partial charge in [0.15, 0.2) is 11.5 Å². The van der Waals surface area contributed by atoms with Crippen molar-refractivity contribution in [2.24, 2.45) is 0 Å². The minimum absolute atomic E-state index is 0.0419. The molecular formula is C22H28N2O3. The Labute approximate surface area is 161 Å². The van der Waals surface area contributed by atoms with E-state index >= 15 is 0 Å². The Morgan fingerprint density at radius 3 is 2.41 bits per heavy atom. The van der Waals surface area contributed by atoms with Gasteiger partial charge in [0.2, 0.25) is 5.91 Å². The van der Waals surface area contributed by atoms with E-state index in [9.17, 15) is 4.79 Å². The minimum Gasteiger partial charge on any atom is -0.486 e. The predicted molar refractivity (Wildman–Crippen MR) is 106 cm³/mol. The van der Waals surface area contributed by atoms with E-state index in [-0.39, 0.29) is 5.91 Å². The lowest BCUT2D eigenvalue weighted by molar-refractivity contribution is -0.122. The molecule has 27 heavy (non-hydrogen) atoms. The molecule has 2 aromatic rings. The number of benzene rings is 2. The maximum absolute atomic E-state index is 12.2. The lowest BCUT2D eigenvalue weighted by Gasteiger charge is -2.19. The van der Waals surface area contributed by atoms with Gasteiger partial charge in [0.05, 0.1) is 6.54 Å². The summed E-state index contributed by atoms with van der Waals surface area (Å²) in [5.74, 6) is 1.63. The summed E-state index contributed by atoms with van der Waals surface area (Å²) < 4.78 is 11.1. The molecule has 1 amide bonds. The molecule has 5 heteroatoms. The number of nitrogens with one attached hydrogen (secondary N) is 1. The average molecular weight is 368 g/mol. The average Bonchev–Trinajstić information content (AvgIpc) is 2.68. The number of hydrogen-bond donors (Lipinski definition) is 1. The van der Waals surface area contributed by atoms with E-state index in [0.717, 1.165) is 36.4 Å². The second kappa shape index (κ2) is 9.42. The van der Waals surface area contributed by atoms with E-state index in [1.807, 2.05) is 30.1 Å². The van der Waals surface area contributed by atoms with E-state index < -0.39 is 0 Å². The fourth-order valence-electron chi connectivity index (χ4n) is 3.14. The third kappa shape index (κ3) is 5.73. The first-order chi connectivity index (χ1) is 13.1. The number of carbonyl (C=O) groups excluding carboxylic acids is 1. The van der Waals surface area contributed by atoms with Crippen molar-refractivity contribution in [3.63, 3.8) is 0 Å². The van der Waals surface area contributed by atoms with Crippen LogP contribution in [0, 0.1) is 0 Å². The van der Waals surface area contributed by atoms with Crippen molar-refractivity contribution in [3.05, 3.63) is 59.2 Å². The number of nitrogens with zero attached hydrogens (tertiary/aromatic N) is 1. The number of amides is 1. The molecule has 0 unspecified atom stereocenters. The first kappa shape index (κ1) is 19.2. The number of carbonyl (C=O) groups is 1. The highest BCUT2D eigenvalue weighted by Crippen LogP contribution is 2.30. The fourth-order valence-corrected chi connectivity index (χ4v) is 3.14. The highest BCUT2D eigenvalue weighted by molar-refractivity contribution is 5.77. The highest BCUT2D eigenvalue weighted by Gasteiger charge is 2.12. The van der Waals surface area contributed by atoms with Crippen LogP contribution in [0.15, 0.2) is 42.5 Å². The van der Waals surface area contributed by atoms with Crippen molar-refractivity contribution in [1.82, 2.24) is 10.2 Å². The molecule has 0 saturated heterocycles. The van der Waals surface area contributed by atoms with Gasteiger partial charge in [0.1, 0.15) is 13.2 Å². The molecule has 0 saturated carbocycles. The lowest BCUT2D eigenvalue weighted by atomic mass is 10.1. The van der Waals surface area contributed by atoms with Gasteiger partial charge in [-0.15, -0.1) is 0 Å². The van der Waals surface area contributed by atoms with Crippen LogP contribution in [0.3, 0.4) is 0 Å². The van der Waals surface area contributed by atoms with Crippen LogP contribution in [0.1, 0.15) is 23.6 Å². The first-order valence-corrected chi connectivity index (χ1v) is 9.55. The Kier molecular flexibility index (Phi) is 6.71. The summed E-state index contributed by atoms with van der Waals surface area (Å²) in [4.78, 5) is 14.2. The van der Waals surface area contributed by atoms with E-state index in [0.29, 0.717) is 26.3 Å². The normalized spacial score (nSPS) is 12.9. The largest absolute Gasteiger partial charge is 0.486 e. The van der Waals surface area contributed by atoms with Gasteiger partial charge in [0.25, 0.3) is 0 Å². The zero-order valence-corrected chi connectivity index (χ0v) is 16.2. The van der Waals surface area contributed by atoms with Crippen molar-refractivity contribution < 1.29 is 14.3 Å². The van der Waals surface area contributed by atoms with Crippen molar-refractivity contribution >= 4 is 5.91 Å². The molecule has 1 aliphatic rings. The molecule has 1 N–H and O–H groups in total. The number of ether oxygens (including phenoxy) is 2. The molecule has 0 atom stereocenters. The van der Waals surface area contributed by atoms with Crippen LogP contribution in [0.2, 0.25) is 0 Å². The summed E-state index contributed by atoms with van der Waals surface area (Å²) in [6, 6.07) is 14.5. The summed E-state index contributed by atoms with van der Waals surface area (Å²) in [6.07, 6.45) is 1.81. The molecule has 0 spiro atoms. The van der Waals surface area contributed by atoms with E-state index in [4.69, 9.17) is 9.47 Å². The second-order valence-electron chi connectivity index (χ2n) is 6.92. The molecule has 0 aromatic heterocycles. The Morgan fingerprint density at radius 1 is 1.00 bits per heavy atom. The first-order valence-electron chi connectivity index (χ1n) is 9.55. The highest BCUT2D eigenvalue weighted by atomic mass is 16.6. The predicted octanol–water partition coefficient (Wildman–Crippen LogP) is 2.81. The van der Waals surface area contributed by atoms with Crippen LogP contribution in [0.25, 0.3) is 0 Å². The maximum Gasteiger partial charge on any atom is 0.234 e. The van der Waals surface area contributed by atoms with Gasteiger partial charge in [0, 0.05) is 13.1 Å². The summed E-state index contributed by atoms with van der Waals surface area (Å²) >= 11 is 0. The Balaban J connectivity index is 1.40. The zero-order chi connectivity index (χ0) is 19.1. The number of likely N-dealkylation sites (N-methyl/N-ethyl adjacent to an activating group) is 1. The molecular weight excluding hydrogens is 340 g/mol. The lowest BCUT2D eigenvalue weighted by Crippen LogP contribution is -2.35. The quantitative estimate of drug-likeness (QED) is 0.778. The van der Waals surface area contributed by atoms with Gasteiger partial charge in [-0.3, -0.25) is 9.69 Å². The summed E-state index contributed by atoms with van der Waals surface area (Å²) in [5, 5.41) is 2.99. The molecule has 1 aliphatic heterocycles. The molecule has 2 aromatic carbocycles. The van der Waals surface area contributed by atoms with Crippen LogP contribution < -0.4 is 14.8 Å². The molecule has 1 heterocycles. The standard InChI is InChI=1S/C22H28N2O3/c1-3-17-4-6-19(7-5-17)15-24(2)16-22(25)23-11-10-18-8-9-20-21(14-18)27-13-12-26-20/h4-9,14H,3,10-13,15-16H2,1-2H3,(H,23,25). The smallest absolute Gasteiger partial charge is 0.234 e. The Bertz CT molecular complexity index is 759. The van der Waals surface area contributed by atoms with E-state index in [1.54, 1.807) is 0 Å². The van der Waals surface area contributed by atoms with E-state index in [2.05, 4.69) is 36.5 Å². The fraction of sp³-hybridized carbons (Fsp3) is 0.409. The zero-order valence-electron chi connectivity index (χ0n) is 16.2. The summed E-state index contributed by atoms with van der Waals surface area (Å²) in [5.41, 5.74) is 3.68. The third-order valence-corrected chi connectivity index (χ3v) is 4.64. The second-order valence-corrected chi connectivity index (χ2v) is 6.92. The molecule has 5 nitrogen and oxygen atoms in total. The Morgan fingerprint density at radius 2 is 1.67 bits per heavy atom. The van der Waals surface area contributed by atoms with E-state index in [1.165, 1.54) is 11.1 Å². The summed E-state index contributed by atoms with van der Waals surface area (Å²) in [6.45, 7) is 5.09. The van der Waals surface area contributed by atoms with Crippen molar-refractivity contribution in [3.8, 4) is 11.5 Å². The topological polar surface area (TPSA) is 50.8 Å². The van der Waals surface area contributed by atoms with Crippen LogP contribution in [0.5, 0.6) is 11.5 Å². The molecule has 0 aliphatic carbocycles. The van der Waals surface area contributed by atoms with Crippen LogP contribution in [0.4, 0.5) is 0 Å². The van der Waals surface area contributed by atoms with Gasteiger partial charge >= 0.3 is 0 Å². The van der Waals surface area contributed by atoms with Gasteiger partial charge in [-0.05, 0) is 48.7 Å². The van der Waals surface area contributed by atoms with Gasteiger partial charge in [-0.1, -0.05) is 37.3 Å². The molecule has 0 bridgehead atoms. The molecule has 0 radical (unpaired) electrons. The van der Waals surface area contributed by atoms with Crippen molar-refractivity contribution in [2.75, 3.05) is 33.4 Å². The van der Waals surface area contributed by atoms with Gasteiger partial charge < -0.3 is 14.8 Å². The number of rotatable bonds is 8. The monoisotopic (exact) mass is 368 g/mol. The molecule has 3 rings (SSSR count). The van der Waals surface area contributed by atoms with Crippen LogP contribution in [-0.4, -0.2) is 44.2 Å². The van der Waals surface area contributed by atoms with Crippen LogP contribution >= 0.6 is 0 Å². The van der Waals surface area contributed by atoms with Crippen molar-refractivity contribution in [1.29, 1.82) is 0 Å². The van der Waals surface area contributed by atoms with Gasteiger partial charge in [-0.2, -0.15) is 0 Å². The minimum atomic E-state index is 0.0419. The van der Waals surface area contributed by atoms with Crippen molar-refractivity contribution in [2.45, 2.75) is 26.3 Å². The number of fused-ring (bicyclic) bond motifs is 1. The maximum atomic E-state index is 12.2. The molecule has 144 valence electrons. The molecule has 0 fully saturated rings.